The number of benzene rings is 4. The second kappa shape index (κ2) is 23.0. The van der Waals surface area contributed by atoms with Gasteiger partial charge in [0, 0.05) is 24.4 Å². The van der Waals surface area contributed by atoms with Gasteiger partial charge in [-0.15, -0.1) is 5.10 Å². The lowest BCUT2D eigenvalue weighted by Crippen LogP contribution is -2.32. The molecule has 6 rings (SSSR count). The average Bonchev–Trinajstić information content (AvgIpc) is 3.68. The van der Waals surface area contributed by atoms with Crippen molar-refractivity contribution in [1.29, 1.82) is 0 Å². The zero-order chi connectivity index (χ0) is 43.7. The number of unbranched alkanes of at least 4 members (excludes halogenated alkanes) is 1. The maximum atomic E-state index is 10.1. The summed E-state index contributed by atoms with van der Waals surface area (Å²) in [5.74, 6) is 2.31. The number of aromatic nitrogens is 2. The number of hydrogen-bond acceptors (Lipinski definition) is 5. The first-order valence-corrected chi connectivity index (χ1v) is 22.7. The number of aryl methyl sites for hydroxylation is 1. The van der Waals surface area contributed by atoms with Crippen molar-refractivity contribution < 1.29 is 9.84 Å². The van der Waals surface area contributed by atoms with Crippen LogP contribution in [0.1, 0.15) is 123 Å². The Kier molecular flexibility index (Phi) is 17.1. The molecule has 62 heavy (non-hydrogen) atoms. The second-order valence-corrected chi connectivity index (χ2v) is 16.7. The number of amidine groups is 1. The van der Waals surface area contributed by atoms with E-state index >= 15 is 0 Å². The second-order valence-electron chi connectivity index (χ2n) is 16.3. The van der Waals surface area contributed by atoms with Crippen molar-refractivity contribution >= 4 is 17.4 Å². The Hall–Kier alpha value is -5.57. The number of allylic oxidation sites excluding steroid dienone is 4. The van der Waals surface area contributed by atoms with Crippen LogP contribution in [0.4, 0.5) is 0 Å². The number of aliphatic hydroxyl groups excluding tert-OH is 1. The van der Waals surface area contributed by atoms with Gasteiger partial charge < -0.3 is 20.1 Å². The van der Waals surface area contributed by atoms with E-state index in [2.05, 4.69) is 102 Å². The van der Waals surface area contributed by atoms with Gasteiger partial charge in [0.25, 0.3) is 0 Å². The number of aliphatic hydroxyl groups is 1. The molecular formula is C53H63ClN6O2. The monoisotopic (exact) mass is 850 g/mol. The Labute approximate surface area is 374 Å². The number of nitrogens with two attached hydrogens (primary N) is 1. The van der Waals surface area contributed by atoms with Gasteiger partial charge in [-0.25, -0.2) is 4.98 Å². The molecule has 2 unspecified atom stereocenters. The summed E-state index contributed by atoms with van der Waals surface area (Å²) in [6.07, 6.45) is 23.0. The van der Waals surface area contributed by atoms with Gasteiger partial charge >= 0.3 is 0 Å². The van der Waals surface area contributed by atoms with Gasteiger partial charge in [0.2, 0.25) is 0 Å². The van der Waals surface area contributed by atoms with Crippen molar-refractivity contribution in [1.82, 2.24) is 9.55 Å². The molecule has 8 nitrogen and oxygen atoms in total. The maximum absolute atomic E-state index is 10.1. The van der Waals surface area contributed by atoms with E-state index in [-0.39, 0.29) is 18.4 Å². The lowest BCUT2D eigenvalue weighted by Gasteiger charge is -2.34. The molecule has 1 aromatic heterocycles. The van der Waals surface area contributed by atoms with Crippen LogP contribution < -0.4 is 10.5 Å². The van der Waals surface area contributed by atoms with Crippen LogP contribution in [0.3, 0.4) is 0 Å². The Balaban J connectivity index is 1.36. The van der Waals surface area contributed by atoms with Crippen molar-refractivity contribution in [2.45, 2.75) is 109 Å². The standard InChI is InChI=1S/C53H63ClN6O2/c1-5-7-9-14-19-39(3)53(45-33-35-46(62-4)36-34-45,44-31-29-42(30-32-44)41-20-15-12-10-11-13-16-21-41)58-59-57-52(55)48-23-18-17-22-47(48)43-27-25-40(26-28-43)37-60-49(38-61)51(54)56-50(60)24-8-6-2/h5,7,9,14,17-19,22-23,25-36,39,41,61H,1,6,8,10-13,15-16,20-21,24,37-38H2,2-4H3,(H2,55,57,58)/b9-7-,19-14-. The Morgan fingerprint density at radius 2 is 1.58 bits per heavy atom. The number of methoxy groups -OCH3 is 1. The van der Waals surface area contributed by atoms with Gasteiger partial charge in [-0.05, 0) is 75.9 Å². The molecule has 324 valence electrons. The minimum Gasteiger partial charge on any atom is -0.497 e. The predicted octanol–water partition coefficient (Wildman–Crippen LogP) is 13.3. The Morgan fingerprint density at radius 3 is 2.23 bits per heavy atom. The molecule has 0 spiro atoms. The predicted molar refractivity (Wildman–Crippen MR) is 256 cm³/mol. The molecule has 0 aliphatic heterocycles. The topological polar surface area (TPSA) is 110 Å². The molecule has 3 N–H and O–H groups in total. The highest BCUT2D eigenvalue weighted by Gasteiger charge is 2.40. The number of ether oxygens (including phenoxy) is 1. The summed E-state index contributed by atoms with van der Waals surface area (Å²) in [6.45, 7) is 8.53. The summed E-state index contributed by atoms with van der Waals surface area (Å²) >= 11 is 6.43. The van der Waals surface area contributed by atoms with E-state index in [0.717, 1.165) is 64.2 Å². The SMILES string of the molecule is C=C/C=C\C=C/C(C)C(N=N/N=C(\N)c1ccccc1-c1ccc(Cn2c(CCCC)nc(Cl)c2CO)cc1)(c1ccc(OC)cc1)c1ccc(C2CCCCCCCC2)cc1. The van der Waals surface area contributed by atoms with Crippen LogP contribution in [0, 0.1) is 5.92 Å². The van der Waals surface area contributed by atoms with E-state index in [9.17, 15) is 5.11 Å². The van der Waals surface area contributed by atoms with E-state index in [4.69, 9.17) is 27.2 Å². The van der Waals surface area contributed by atoms with E-state index < -0.39 is 5.54 Å². The molecule has 1 fully saturated rings. The third-order valence-corrected chi connectivity index (χ3v) is 12.6. The maximum Gasteiger partial charge on any atom is 0.155 e. The van der Waals surface area contributed by atoms with Crippen molar-refractivity contribution in [2.75, 3.05) is 7.11 Å². The largest absolute Gasteiger partial charge is 0.497 e. The minimum atomic E-state index is -0.952. The lowest BCUT2D eigenvalue weighted by molar-refractivity contribution is 0.271. The molecule has 2 atom stereocenters. The zero-order valence-corrected chi connectivity index (χ0v) is 37.5. The van der Waals surface area contributed by atoms with Gasteiger partial charge in [-0.2, -0.15) is 5.11 Å². The van der Waals surface area contributed by atoms with Gasteiger partial charge in [0.1, 0.15) is 17.1 Å². The number of halogens is 1. The lowest BCUT2D eigenvalue weighted by atomic mass is 9.73. The molecule has 0 radical (unpaired) electrons. The zero-order valence-electron chi connectivity index (χ0n) is 36.7. The molecule has 1 aliphatic rings. The Bertz CT molecular complexity index is 2300. The number of rotatable bonds is 18. The van der Waals surface area contributed by atoms with Crippen molar-refractivity contribution in [3.05, 3.63) is 179 Å². The molecule has 0 saturated heterocycles. The summed E-state index contributed by atoms with van der Waals surface area (Å²) in [6, 6.07) is 33.4. The van der Waals surface area contributed by atoms with Crippen molar-refractivity contribution in [2.24, 2.45) is 27.1 Å². The van der Waals surface area contributed by atoms with E-state index in [1.807, 2.05) is 59.2 Å². The molecule has 0 amide bonds. The third-order valence-electron chi connectivity index (χ3n) is 12.3. The van der Waals surface area contributed by atoms with Gasteiger partial charge in [-0.3, -0.25) is 0 Å². The molecule has 1 heterocycles. The fourth-order valence-corrected chi connectivity index (χ4v) is 8.99. The minimum absolute atomic E-state index is 0.151. The summed E-state index contributed by atoms with van der Waals surface area (Å²) in [4.78, 5) is 4.56. The van der Waals surface area contributed by atoms with Gasteiger partial charge in [0.15, 0.2) is 11.0 Å². The highest BCUT2D eigenvalue weighted by molar-refractivity contribution is 6.30. The fourth-order valence-electron chi connectivity index (χ4n) is 8.73. The Morgan fingerprint density at radius 1 is 0.919 bits per heavy atom. The van der Waals surface area contributed by atoms with E-state index in [1.165, 1.54) is 56.9 Å². The molecule has 1 aliphatic carbocycles. The molecule has 1 saturated carbocycles. The van der Waals surface area contributed by atoms with Crippen LogP contribution in [-0.4, -0.2) is 27.6 Å². The van der Waals surface area contributed by atoms with Crippen LogP contribution >= 0.6 is 11.6 Å². The van der Waals surface area contributed by atoms with E-state index in [1.54, 1.807) is 13.2 Å². The molecular weight excluding hydrogens is 788 g/mol. The molecule has 0 bridgehead atoms. The van der Waals surface area contributed by atoms with Crippen LogP contribution in [0.5, 0.6) is 5.75 Å². The molecule has 4 aromatic carbocycles. The summed E-state index contributed by atoms with van der Waals surface area (Å²) in [7, 11) is 1.68. The molecule has 5 aromatic rings. The van der Waals surface area contributed by atoms with Gasteiger partial charge in [-0.1, -0.05) is 192 Å². The summed E-state index contributed by atoms with van der Waals surface area (Å²) in [5.41, 5.74) is 13.6. The first kappa shape index (κ1) is 45.9. The van der Waals surface area contributed by atoms with Crippen LogP contribution in [0.15, 0.2) is 149 Å². The first-order chi connectivity index (χ1) is 30.3. The van der Waals surface area contributed by atoms with Gasteiger partial charge in [0.05, 0.1) is 19.4 Å². The highest BCUT2D eigenvalue weighted by Crippen LogP contribution is 2.44. The smallest absolute Gasteiger partial charge is 0.155 e. The first-order valence-electron chi connectivity index (χ1n) is 22.3. The molecule has 9 heteroatoms. The summed E-state index contributed by atoms with van der Waals surface area (Å²) < 4.78 is 7.61. The fraction of sp³-hybridized carbons (Fsp3) is 0.358. The van der Waals surface area contributed by atoms with E-state index in [0.29, 0.717) is 23.3 Å². The van der Waals surface area contributed by atoms with Crippen LogP contribution in [0.25, 0.3) is 11.1 Å². The van der Waals surface area contributed by atoms with Crippen LogP contribution in [0.2, 0.25) is 5.15 Å². The van der Waals surface area contributed by atoms with Crippen molar-refractivity contribution in [3.63, 3.8) is 0 Å². The number of nitrogens with zero attached hydrogens (tertiary/aromatic N) is 5. The average molecular weight is 852 g/mol. The quantitative estimate of drug-likeness (QED) is 0.0301. The summed E-state index contributed by atoms with van der Waals surface area (Å²) in [5, 5.41) is 24.9. The number of hydrogen-bond donors (Lipinski definition) is 2. The third kappa shape index (κ3) is 11.3. The highest BCUT2D eigenvalue weighted by atomic mass is 35.5. The normalized spacial score (nSPS) is 16.0. The van der Waals surface area contributed by atoms with Crippen molar-refractivity contribution in [3.8, 4) is 16.9 Å². The van der Waals surface area contributed by atoms with Crippen LogP contribution in [-0.2, 0) is 25.1 Å². The number of imidazole rings is 1.